The van der Waals surface area contributed by atoms with Gasteiger partial charge in [-0.15, -0.1) is 0 Å². The fourth-order valence-electron chi connectivity index (χ4n) is 5.72. The molecule has 2 heterocycles. The average molecular weight is 609 g/mol. The van der Waals surface area contributed by atoms with Gasteiger partial charge in [0.05, 0.1) is 34.1 Å². The number of nitrogens with one attached hydrogen (secondary N) is 2. The van der Waals surface area contributed by atoms with Crippen LogP contribution in [-0.2, 0) is 0 Å². The Kier molecular flexibility index (Phi) is 6.51. The summed E-state index contributed by atoms with van der Waals surface area (Å²) in [7, 11) is 0. The van der Waals surface area contributed by atoms with Crippen LogP contribution in [0.1, 0.15) is 0 Å². The van der Waals surface area contributed by atoms with Crippen LogP contribution in [0, 0.1) is 0 Å². The number of urea groups is 2. The van der Waals surface area contributed by atoms with E-state index in [4.69, 9.17) is 0 Å². The van der Waals surface area contributed by atoms with Crippen molar-refractivity contribution in [3.63, 3.8) is 0 Å². The number of benzene rings is 6. The van der Waals surface area contributed by atoms with Gasteiger partial charge < -0.3 is 10.6 Å². The fraction of sp³-hybridized carbons (Fsp3) is 0. The molecule has 0 saturated carbocycles. The third-order valence-electron chi connectivity index (χ3n) is 7.68. The molecule has 2 aliphatic heterocycles. The van der Waals surface area contributed by atoms with Crippen molar-refractivity contribution in [1.82, 2.24) is 0 Å². The summed E-state index contributed by atoms with van der Waals surface area (Å²) in [5.41, 5.74) is 4.65. The van der Waals surface area contributed by atoms with E-state index in [1.165, 1.54) is 0 Å². The zero-order chi connectivity index (χ0) is 29.6. The standard InChI is InChI=1S/C36H24N4O2S2/c41-35(39-27-15-1-5-19-31(27)43-32-20-6-2-16-28(32)39)37-25-13-9-12-24-23(25)11-10-14-26(24)38-36(42)40-29-17-3-7-21-33(29)44-34-22-8-4-18-30(34)40/h1-22H,(H,37,41)(H,38,42). The van der Waals surface area contributed by atoms with E-state index in [9.17, 15) is 9.59 Å². The Bertz CT molecular complexity index is 1870. The highest BCUT2D eigenvalue weighted by Crippen LogP contribution is 2.49. The van der Waals surface area contributed by atoms with Crippen molar-refractivity contribution in [1.29, 1.82) is 0 Å². The number of hydrogen-bond donors (Lipinski definition) is 2. The Hall–Kier alpha value is -5.18. The lowest BCUT2D eigenvalue weighted by Gasteiger charge is -2.31. The fourth-order valence-corrected chi connectivity index (χ4v) is 7.83. The number of fused-ring (bicyclic) bond motifs is 5. The van der Waals surface area contributed by atoms with E-state index in [2.05, 4.69) is 10.6 Å². The van der Waals surface area contributed by atoms with Crippen molar-refractivity contribution in [2.75, 3.05) is 20.4 Å². The molecule has 2 aliphatic rings. The van der Waals surface area contributed by atoms with Crippen LogP contribution in [0.3, 0.4) is 0 Å². The van der Waals surface area contributed by atoms with Crippen LogP contribution in [0.5, 0.6) is 0 Å². The third-order valence-corrected chi connectivity index (χ3v) is 9.94. The zero-order valence-corrected chi connectivity index (χ0v) is 24.9. The number of nitrogens with zero attached hydrogens (tertiary/aromatic N) is 2. The smallest absolute Gasteiger partial charge is 0.307 e. The van der Waals surface area contributed by atoms with Gasteiger partial charge in [0.15, 0.2) is 0 Å². The molecule has 44 heavy (non-hydrogen) atoms. The second-order valence-corrected chi connectivity index (χ2v) is 12.5. The molecule has 2 N–H and O–H groups in total. The van der Waals surface area contributed by atoms with Gasteiger partial charge in [0.25, 0.3) is 0 Å². The Morgan fingerprint density at radius 3 is 1.07 bits per heavy atom. The van der Waals surface area contributed by atoms with Crippen LogP contribution in [0.2, 0.25) is 0 Å². The number of anilines is 6. The van der Waals surface area contributed by atoms with Gasteiger partial charge >= 0.3 is 12.1 Å². The molecule has 0 fully saturated rings. The molecule has 6 aromatic rings. The molecule has 0 radical (unpaired) electrons. The van der Waals surface area contributed by atoms with Gasteiger partial charge in [-0.05, 0) is 60.7 Å². The first kappa shape index (κ1) is 26.4. The molecule has 6 nitrogen and oxygen atoms in total. The van der Waals surface area contributed by atoms with E-state index in [-0.39, 0.29) is 12.1 Å². The monoisotopic (exact) mass is 608 g/mol. The number of carbonyl (C=O) groups is 2. The van der Waals surface area contributed by atoms with Gasteiger partial charge in [0, 0.05) is 30.4 Å². The molecule has 0 spiro atoms. The van der Waals surface area contributed by atoms with Gasteiger partial charge in [0.2, 0.25) is 0 Å². The minimum Gasteiger partial charge on any atom is -0.307 e. The van der Waals surface area contributed by atoms with Gasteiger partial charge in [-0.3, -0.25) is 9.80 Å². The predicted molar refractivity (Wildman–Crippen MR) is 180 cm³/mol. The molecular formula is C36H24N4O2S2. The summed E-state index contributed by atoms with van der Waals surface area (Å²) in [4.78, 5) is 35.5. The summed E-state index contributed by atoms with van der Waals surface area (Å²) in [6, 6.07) is 42.6. The minimum atomic E-state index is -0.258. The Morgan fingerprint density at radius 1 is 0.409 bits per heavy atom. The Labute approximate surface area is 262 Å². The normalized spacial score (nSPS) is 12.9. The summed E-state index contributed by atoms with van der Waals surface area (Å²) in [6.07, 6.45) is 0. The van der Waals surface area contributed by atoms with Crippen LogP contribution < -0.4 is 20.4 Å². The summed E-state index contributed by atoms with van der Waals surface area (Å²) < 4.78 is 0. The Balaban J connectivity index is 1.13. The topological polar surface area (TPSA) is 64.7 Å². The van der Waals surface area contributed by atoms with E-state index >= 15 is 0 Å². The van der Waals surface area contributed by atoms with E-state index in [0.717, 1.165) is 53.1 Å². The second kappa shape index (κ2) is 10.8. The number of hydrogen-bond acceptors (Lipinski definition) is 4. The summed E-state index contributed by atoms with van der Waals surface area (Å²) >= 11 is 3.31. The van der Waals surface area contributed by atoms with Crippen LogP contribution in [-0.4, -0.2) is 12.1 Å². The van der Waals surface area contributed by atoms with Gasteiger partial charge in [-0.1, -0.05) is 96.3 Å². The van der Waals surface area contributed by atoms with Crippen molar-refractivity contribution < 1.29 is 9.59 Å². The van der Waals surface area contributed by atoms with Crippen molar-refractivity contribution in [3.05, 3.63) is 133 Å². The van der Waals surface area contributed by atoms with Crippen molar-refractivity contribution in [2.24, 2.45) is 0 Å². The quantitative estimate of drug-likeness (QED) is 0.205. The summed E-state index contributed by atoms with van der Waals surface area (Å²) in [6.45, 7) is 0. The maximum absolute atomic E-state index is 14.0. The van der Waals surface area contributed by atoms with E-state index in [1.54, 1.807) is 33.3 Å². The predicted octanol–water partition coefficient (Wildman–Crippen LogP) is 10.5. The SMILES string of the molecule is O=C(Nc1cccc2c(NC(=O)N3c4ccccc4Sc4ccccc43)cccc12)N1c2ccccc2Sc2ccccc21. The first-order valence-electron chi connectivity index (χ1n) is 14.1. The largest absolute Gasteiger partial charge is 0.331 e. The molecule has 0 aromatic heterocycles. The van der Waals surface area contributed by atoms with Crippen LogP contribution in [0.15, 0.2) is 153 Å². The van der Waals surface area contributed by atoms with Crippen molar-refractivity contribution >= 4 is 80.5 Å². The molecule has 0 aliphatic carbocycles. The second-order valence-electron chi connectivity index (χ2n) is 10.3. The van der Waals surface area contributed by atoms with E-state index in [1.807, 2.05) is 133 Å². The molecular weight excluding hydrogens is 585 g/mol. The van der Waals surface area contributed by atoms with Crippen LogP contribution in [0.4, 0.5) is 43.7 Å². The molecule has 4 amide bonds. The number of amides is 4. The van der Waals surface area contributed by atoms with Crippen molar-refractivity contribution in [2.45, 2.75) is 19.6 Å². The zero-order valence-electron chi connectivity index (χ0n) is 23.2. The highest BCUT2D eigenvalue weighted by Gasteiger charge is 2.30. The first-order chi connectivity index (χ1) is 21.7. The van der Waals surface area contributed by atoms with Crippen LogP contribution in [0.25, 0.3) is 10.8 Å². The Morgan fingerprint density at radius 2 is 0.727 bits per heavy atom. The third kappa shape index (κ3) is 4.47. The molecule has 6 aromatic carbocycles. The number of rotatable bonds is 2. The van der Waals surface area contributed by atoms with E-state index < -0.39 is 0 Å². The maximum atomic E-state index is 14.0. The number of carbonyl (C=O) groups excluding carboxylic acids is 2. The van der Waals surface area contributed by atoms with Crippen molar-refractivity contribution in [3.8, 4) is 0 Å². The number of para-hydroxylation sites is 4. The average Bonchev–Trinajstić information content (AvgIpc) is 3.06. The van der Waals surface area contributed by atoms with Crippen LogP contribution >= 0.6 is 23.5 Å². The molecule has 0 atom stereocenters. The van der Waals surface area contributed by atoms with Gasteiger partial charge in [-0.2, -0.15) is 0 Å². The molecule has 0 unspecified atom stereocenters. The lowest BCUT2D eigenvalue weighted by molar-refractivity contribution is 0.258. The minimum absolute atomic E-state index is 0.258. The molecule has 212 valence electrons. The molecule has 0 saturated heterocycles. The molecule has 8 rings (SSSR count). The highest BCUT2D eigenvalue weighted by atomic mass is 32.2. The lowest BCUT2D eigenvalue weighted by atomic mass is 10.1. The highest BCUT2D eigenvalue weighted by molar-refractivity contribution is 8.00. The van der Waals surface area contributed by atoms with E-state index in [0.29, 0.717) is 11.4 Å². The molecule has 0 bridgehead atoms. The van der Waals surface area contributed by atoms with Gasteiger partial charge in [0.1, 0.15) is 0 Å². The lowest BCUT2D eigenvalue weighted by Crippen LogP contribution is -2.33. The summed E-state index contributed by atoms with van der Waals surface area (Å²) in [5.74, 6) is 0. The summed E-state index contributed by atoms with van der Waals surface area (Å²) in [5, 5.41) is 7.96. The maximum Gasteiger partial charge on any atom is 0.331 e. The molecule has 8 heteroatoms. The first-order valence-corrected chi connectivity index (χ1v) is 15.7. The van der Waals surface area contributed by atoms with Gasteiger partial charge in [-0.25, -0.2) is 9.59 Å².